The molecule has 1 aromatic rings. The molecule has 0 radical (unpaired) electrons. The van der Waals surface area contributed by atoms with Gasteiger partial charge in [-0.1, -0.05) is 35.4 Å². The number of benzene rings is 1. The van der Waals surface area contributed by atoms with Crippen LogP contribution in [0.15, 0.2) is 35.4 Å². The van der Waals surface area contributed by atoms with Gasteiger partial charge in [-0.2, -0.15) is 0 Å². The van der Waals surface area contributed by atoms with Crippen LogP contribution in [0.4, 0.5) is 0 Å². The molecule has 1 saturated heterocycles. The second-order valence-electron chi connectivity index (χ2n) is 4.45. The number of carbonyl (C=O) groups excluding carboxylic acids is 1. The third-order valence-corrected chi connectivity index (χ3v) is 3.07. The second kappa shape index (κ2) is 6.78. The number of hydrogen-bond acceptors (Lipinski definition) is 3. The van der Waals surface area contributed by atoms with E-state index in [1.165, 1.54) is 0 Å². The average molecular weight is 260 g/mol. The molecule has 0 unspecified atom stereocenters. The fourth-order valence-corrected chi connectivity index (χ4v) is 2.02. The van der Waals surface area contributed by atoms with Gasteiger partial charge in [0.2, 0.25) is 5.91 Å². The first-order valence-corrected chi connectivity index (χ1v) is 6.27. The first kappa shape index (κ1) is 13.4. The summed E-state index contributed by atoms with van der Waals surface area (Å²) in [4.78, 5) is 13.8. The lowest BCUT2D eigenvalue weighted by Gasteiger charge is -2.33. The summed E-state index contributed by atoms with van der Waals surface area (Å²) in [5.41, 5.74) is 9.47. The predicted molar refractivity (Wildman–Crippen MR) is 70.2 cm³/mol. The van der Waals surface area contributed by atoms with Crippen LogP contribution in [0.2, 0.25) is 0 Å². The molecule has 0 aliphatic carbocycles. The summed E-state index contributed by atoms with van der Waals surface area (Å²) in [7, 11) is 0. The van der Waals surface area contributed by atoms with E-state index in [1.54, 1.807) is 0 Å². The van der Waals surface area contributed by atoms with Crippen LogP contribution in [0, 0.1) is 0 Å². The molecule has 6 heteroatoms. The highest BCUT2D eigenvalue weighted by molar-refractivity contribution is 5.89. The maximum absolute atomic E-state index is 11.1. The molecule has 0 aromatic heterocycles. The Labute approximate surface area is 111 Å². The van der Waals surface area contributed by atoms with Crippen LogP contribution in [0.3, 0.4) is 0 Å². The number of nitrogens with zero attached hydrogens (tertiary/aromatic N) is 3. The topological polar surface area (TPSA) is 87.1 Å². The molecule has 1 N–H and O–H groups in total. The van der Waals surface area contributed by atoms with Crippen molar-refractivity contribution in [3.63, 3.8) is 0 Å². The fourth-order valence-electron chi connectivity index (χ4n) is 2.02. The first-order valence-electron chi connectivity index (χ1n) is 6.27. The van der Waals surface area contributed by atoms with Gasteiger partial charge in [0.1, 0.15) is 6.04 Å². The van der Waals surface area contributed by atoms with Gasteiger partial charge >= 0.3 is 0 Å². The van der Waals surface area contributed by atoms with Gasteiger partial charge in [0, 0.05) is 17.6 Å². The van der Waals surface area contributed by atoms with Gasteiger partial charge in [-0.25, -0.2) is 0 Å². The van der Waals surface area contributed by atoms with Crippen molar-refractivity contribution in [2.75, 3.05) is 6.61 Å². The van der Waals surface area contributed by atoms with Crippen molar-refractivity contribution in [2.45, 2.75) is 31.5 Å². The zero-order valence-corrected chi connectivity index (χ0v) is 10.5. The number of rotatable bonds is 7. The molecule has 1 aromatic carbocycles. The lowest BCUT2D eigenvalue weighted by Crippen LogP contribution is -2.61. The van der Waals surface area contributed by atoms with Gasteiger partial charge in [0.05, 0.1) is 6.61 Å². The SMILES string of the molecule is [N-]=[N+]=N[C@@H]1C(=O)N[C@@H]1CCCOCc1ccccc1. The van der Waals surface area contributed by atoms with Gasteiger partial charge in [-0.3, -0.25) is 4.79 Å². The van der Waals surface area contributed by atoms with Crippen molar-refractivity contribution in [2.24, 2.45) is 5.11 Å². The smallest absolute Gasteiger partial charge is 0.231 e. The molecule has 1 heterocycles. The summed E-state index contributed by atoms with van der Waals surface area (Å²) in [6.45, 7) is 1.22. The van der Waals surface area contributed by atoms with E-state index in [0.717, 1.165) is 18.4 Å². The number of carbonyl (C=O) groups is 1. The summed E-state index contributed by atoms with van der Waals surface area (Å²) in [6.07, 6.45) is 1.60. The Morgan fingerprint density at radius 2 is 2.16 bits per heavy atom. The van der Waals surface area contributed by atoms with Crippen LogP contribution in [-0.4, -0.2) is 24.6 Å². The number of azide groups is 1. The normalized spacial score (nSPS) is 21.2. The van der Waals surface area contributed by atoms with Crippen molar-refractivity contribution in [1.82, 2.24) is 5.32 Å². The van der Waals surface area contributed by atoms with Crippen LogP contribution < -0.4 is 5.32 Å². The third-order valence-electron chi connectivity index (χ3n) is 3.07. The number of nitrogens with one attached hydrogen (secondary N) is 1. The van der Waals surface area contributed by atoms with E-state index in [2.05, 4.69) is 15.3 Å². The molecule has 1 fully saturated rings. The largest absolute Gasteiger partial charge is 0.377 e. The predicted octanol–water partition coefficient (Wildman–Crippen LogP) is 2.16. The lowest BCUT2D eigenvalue weighted by molar-refractivity contribution is -0.130. The lowest BCUT2D eigenvalue weighted by atomic mass is 9.95. The Morgan fingerprint density at radius 1 is 1.37 bits per heavy atom. The van der Waals surface area contributed by atoms with Gasteiger partial charge < -0.3 is 10.1 Å². The molecule has 1 aliphatic heterocycles. The van der Waals surface area contributed by atoms with Crippen molar-refractivity contribution in [1.29, 1.82) is 0 Å². The molecule has 1 aliphatic rings. The maximum atomic E-state index is 11.1. The van der Waals surface area contributed by atoms with E-state index in [1.807, 2.05) is 30.3 Å². The highest BCUT2D eigenvalue weighted by atomic mass is 16.5. The minimum Gasteiger partial charge on any atom is -0.377 e. The van der Waals surface area contributed by atoms with E-state index in [9.17, 15) is 4.79 Å². The fraction of sp³-hybridized carbons (Fsp3) is 0.462. The summed E-state index contributed by atoms with van der Waals surface area (Å²) in [5.74, 6) is -0.187. The Morgan fingerprint density at radius 3 is 2.84 bits per heavy atom. The second-order valence-corrected chi connectivity index (χ2v) is 4.45. The quantitative estimate of drug-likeness (QED) is 0.268. The molecule has 100 valence electrons. The minimum atomic E-state index is -0.542. The van der Waals surface area contributed by atoms with Crippen molar-refractivity contribution >= 4 is 5.91 Å². The molecule has 2 atom stereocenters. The molecule has 1 amide bonds. The summed E-state index contributed by atoms with van der Waals surface area (Å²) >= 11 is 0. The van der Waals surface area contributed by atoms with E-state index < -0.39 is 6.04 Å². The summed E-state index contributed by atoms with van der Waals surface area (Å²) in [5, 5.41) is 6.19. The highest BCUT2D eigenvalue weighted by Crippen LogP contribution is 2.16. The van der Waals surface area contributed by atoms with Crippen molar-refractivity contribution in [3.8, 4) is 0 Å². The molecular weight excluding hydrogens is 244 g/mol. The minimum absolute atomic E-state index is 0.0382. The highest BCUT2D eigenvalue weighted by Gasteiger charge is 2.37. The molecule has 19 heavy (non-hydrogen) atoms. The van der Waals surface area contributed by atoms with Gasteiger partial charge in [0.15, 0.2) is 0 Å². The van der Waals surface area contributed by atoms with E-state index >= 15 is 0 Å². The molecular formula is C13H16N4O2. The Bertz CT molecular complexity index is 469. The third kappa shape index (κ3) is 3.71. The monoisotopic (exact) mass is 260 g/mol. The van der Waals surface area contributed by atoms with Gasteiger partial charge in [0.25, 0.3) is 0 Å². The Balaban J connectivity index is 1.60. The van der Waals surface area contributed by atoms with Crippen LogP contribution >= 0.6 is 0 Å². The van der Waals surface area contributed by atoms with Crippen LogP contribution in [0.25, 0.3) is 10.4 Å². The molecule has 2 rings (SSSR count). The Hall–Kier alpha value is -2.04. The van der Waals surface area contributed by atoms with Crippen LogP contribution in [0.1, 0.15) is 18.4 Å². The van der Waals surface area contributed by atoms with Crippen LogP contribution in [0.5, 0.6) is 0 Å². The van der Waals surface area contributed by atoms with E-state index in [-0.39, 0.29) is 11.9 Å². The van der Waals surface area contributed by atoms with E-state index in [4.69, 9.17) is 10.3 Å². The summed E-state index contributed by atoms with van der Waals surface area (Å²) in [6, 6.07) is 9.38. The zero-order chi connectivity index (χ0) is 13.5. The van der Waals surface area contributed by atoms with Gasteiger partial charge in [-0.15, -0.1) is 0 Å². The van der Waals surface area contributed by atoms with E-state index in [0.29, 0.717) is 13.2 Å². The number of ether oxygens (including phenoxy) is 1. The van der Waals surface area contributed by atoms with Crippen molar-refractivity contribution < 1.29 is 9.53 Å². The summed E-state index contributed by atoms with van der Waals surface area (Å²) < 4.78 is 5.54. The van der Waals surface area contributed by atoms with Crippen molar-refractivity contribution in [3.05, 3.63) is 46.3 Å². The standard InChI is InChI=1S/C13H16N4O2/c14-17-16-12-11(15-13(12)18)7-4-8-19-9-10-5-2-1-3-6-10/h1-3,5-6,11-12H,4,7-9H2,(H,15,18)/t11-,12+/m1/s1. The number of amides is 1. The maximum Gasteiger partial charge on any atom is 0.231 e. The van der Waals surface area contributed by atoms with Gasteiger partial charge in [-0.05, 0) is 23.9 Å². The molecule has 0 bridgehead atoms. The molecule has 0 spiro atoms. The number of β-lactam (4-membered cyclic amide) rings is 1. The zero-order valence-electron chi connectivity index (χ0n) is 10.5. The molecule has 6 nitrogen and oxygen atoms in total. The first-order chi connectivity index (χ1) is 9.31. The van der Waals surface area contributed by atoms with Crippen LogP contribution in [-0.2, 0) is 16.1 Å². The molecule has 0 saturated carbocycles. The average Bonchev–Trinajstić information content (AvgIpc) is 2.44. The Kier molecular flexibility index (Phi) is 4.78. The number of hydrogen-bond donors (Lipinski definition) is 1.